The molecule has 1 aromatic carbocycles. The Balaban J connectivity index is 2.32. The van der Waals surface area contributed by atoms with Gasteiger partial charge in [-0.1, -0.05) is 24.6 Å². The minimum atomic E-state index is 0.115. The van der Waals surface area contributed by atoms with Crippen LogP contribution in [0.3, 0.4) is 0 Å². The third kappa shape index (κ3) is 4.43. The molecule has 5 heteroatoms. The summed E-state index contributed by atoms with van der Waals surface area (Å²) in [6.07, 6.45) is 1.69. The SMILES string of the molecule is CCC(N)Cc1c(Cl)cccc1Sc1nc(C)cc(C)n1. The van der Waals surface area contributed by atoms with Gasteiger partial charge in [0.15, 0.2) is 5.16 Å². The van der Waals surface area contributed by atoms with Crippen molar-refractivity contribution in [1.82, 2.24) is 9.97 Å². The van der Waals surface area contributed by atoms with E-state index in [9.17, 15) is 0 Å². The zero-order chi connectivity index (χ0) is 15.4. The highest BCUT2D eigenvalue weighted by atomic mass is 35.5. The maximum atomic E-state index is 6.35. The molecular weight excluding hydrogens is 302 g/mol. The van der Waals surface area contributed by atoms with Crippen LogP contribution in [0.2, 0.25) is 5.02 Å². The molecule has 0 aliphatic heterocycles. The molecule has 2 aromatic rings. The van der Waals surface area contributed by atoms with Crippen LogP contribution in [0.4, 0.5) is 0 Å². The van der Waals surface area contributed by atoms with E-state index in [2.05, 4.69) is 23.0 Å². The summed E-state index contributed by atoms with van der Waals surface area (Å²) < 4.78 is 0. The highest BCUT2D eigenvalue weighted by Crippen LogP contribution is 2.33. The normalized spacial score (nSPS) is 12.4. The van der Waals surface area contributed by atoms with E-state index in [4.69, 9.17) is 17.3 Å². The molecule has 0 bridgehead atoms. The van der Waals surface area contributed by atoms with E-state index in [-0.39, 0.29) is 6.04 Å². The fraction of sp³-hybridized carbons (Fsp3) is 0.375. The van der Waals surface area contributed by atoms with Crippen molar-refractivity contribution >= 4 is 23.4 Å². The van der Waals surface area contributed by atoms with Crippen LogP contribution in [0.5, 0.6) is 0 Å². The number of aryl methyl sites for hydroxylation is 2. The van der Waals surface area contributed by atoms with Gasteiger partial charge in [0.25, 0.3) is 0 Å². The first-order valence-corrected chi connectivity index (χ1v) is 8.22. The molecule has 21 heavy (non-hydrogen) atoms. The second kappa shape index (κ2) is 7.25. The largest absolute Gasteiger partial charge is 0.327 e. The molecule has 112 valence electrons. The maximum absolute atomic E-state index is 6.35. The summed E-state index contributed by atoms with van der Waals surface area (Å²) in [6.45, 7) is 6.04. The molecule has 0 fully saturated rings. The van der Waals surface area contributed by atoms with Crippen LogP contribution in [-0.2, 0) is 6.42 Å². The summed E-state index contributed by atoms with van der Waals surface area (Å²) in [5.41, 5.74) is 9.11. The van der Waals surface area contributed by atoms with E-state index >= 15 is 0 Å². The summed E-state index contributed by atoms with van der Waals surface area (Å²) >= 11 is 7.90. The first-order valence-electron chi connectivity index (χ1n) is 7.02. The standard InChI is InChI=1S/C16H20ClN3S/c1-4-12(18)9-13-14(17)6-5-7-15(13)21-16-19-10(2)8-11(3)20-16/h5-8,12H,4,9,18H2,1-3H3. The van der Waals surface area contributed by atoms with Crippen molar-refractivity contribution in [2.75, 3.05) is 0 Å². The molecule has 1 atom stereocenters. The molecule has 0 saturated heterocycles. The number of halogens is 1. The smallest absolute Gasteiger partial charge is 0.192 e. The van der Waals surface area contributed by atoms with Crippen molar-refractivity contribution in [2.45, 2.75) is 49.7 Å². The van der Waals surface area contributed by atoms with E-state index in [0.717, 1.165) is 44.9 Å². The Bertz CT molecular complexity index is 611. The van der Waals surface area contributed by atoms with Gasteiger partial charge >= 0.3 is 0 Å². The minimum Gasteiger partial charge on any atom is -0.327 e. The summed E-state index contributed by atoms with van der Waals surface area (Å²) in [6, 6.07) is 8.00. The van der Waals surface area contributed by atoms with Gasteiger partial charge in [-0.15, -0.1) is 0 Å². The molecule has 1 aromatic heterocycles. The van der Waals surface area contributed by atoms with Gasteiger partial charge in [0.05, 0.1) is 0 Å². The fourth-order valence-corrected chi connectivity index (χ4v) is 3.42. The minimum absolute atomic E-state index is 0.115. The van der Waals surface area contributed by atoms with E-state index in [1.165, 1.54) is 0 Å². The summed E-state index contributed by atoms with van der Waals surface area (Å²) in [7, 11) is 0. The fourth-order valence-electron chi connectivity index (χ4n) is 2.08. The second-order valence-electron chi connectivity index (χ2n) is 5.12. The Morgan fingerprint density at radius 2 is 1.90 bits per heavy atom. The zero-order valence-corrected chi connectivity index (χ0v) is 14.1. The summed E-state index contributed by atoms with van der Waals surface area (Å²) in [4.78, 5) is 10.0. The van der Waals surface area contributed by atoms with Gasteiger partial charge in [0.1, 0.15) is 0 Å². The van der Waals surface area contributed by atoms with Gasteiger partial charge in [-0.05, 0) is 62.2 Å². The molecule has 1 heterocycles. The van der Waals surface area contributed by atoms with E-state index in [1.807, 2.05) is 32.0 Å². The first kappa shape index (κ1) is 16.3. The lowest BCUT2D eigenvalue weighted by molar-refractivity contribution is 0.641. The van der Waals surface area contributed by atoms with Gasteiger partial charge < -0.3 is 5.73 Å². The molecule has 1 unspecified atom stereocenters. The van der Waals surface area contributed by atoms with Crippen LogP contribution in [0.15, 0.2) is 34.3 Å². The molecule has 2 rings (SSSR count). The highest BCUT2D eigenvalue weighted by Gasteiger charge is 2.13. The van der Waals surface area contributed by atoms with Crippen LogP contribution in [0.25, 0.3) is 0 Å². The number of hydrogen-bond acceptors (Lipinski definition) is 4. The molecule has 0 radical (unpaired) electrons. The predicted molar refractivity (Wildman–Crippen MR) is 89.1 cm³/mol. The third-order valence-electron chi connectivity index (χ3n) is 3.23. The Hall–Kier alpha value is -1.10. The van der Waals surface area contributed by atoms with Crippen LogP contribution in [-0.4, -0.2) is 16.0 Å². The average Bonchev–Trinajstić information content (AvgIpc) is 2.41. The topological polar surface area (TPSA) is 51.8 Å². The van der Waals surface area contributed by atoms with Crippen LogP contribution in [0.1, 0.15) is 30.3 Å². The number of hydrogen-bond donors (Lipinski definition) is 1. The molecule has 3 nitrogen and oxygen atoms in total. The van der Waals surface area contributed by atoms with Crippen molar-refractivity contribution in [2.24, 2.45) is 5.73 Å². The molecule has 0 aliphatic rings. The monoisotopic (exact) mass is 321 g/mol. The Labute approximate surface area is 135 Å². The van der Waals surface area contributed by atoms with Crippen molar-refractivity contribution in [3.05, 3.63) is 46.2 Å². The van der Waals surface area contributed by atoms with Gasteiger partial charge in [0, 0.05) is 27.3 Å². The van der Waals surface area contributed by atoms with Crippen LogP contribution < -0.4 is 5.73 Å². The Morgan fingerprint density at radius 1 is 1.24 bits per heavy atom. The Morgan fingerprint density at radius 3 is 2.52 bits per heavy atom. The van der Waals surface area contributed by atoms with Gasteiger partial charge in [-0.3, -0.25) is 0 Å². The lowest BCUT2D eigenvalue weighted by Crippen LogP contribution is -2.21. The molecule has 2 N–H and O–H groups in total. The number of benzene rings is 1. The molecule has 0 spiro atoms. The Kier molecular flexibility index (Phi) is 5.62. The number of nitrogens with two attached hydrogens (primary N) is 1. The van der Waals surface area contributed by atoms with Gasteiger partial charge in [-0.25, -0.2) is 9.97 Å². The van der Waals surface area contributed by atoms with Crippen molar-refractivity contribution < 1.29 is 0 Å². The van der Waals surface area contributed by atoms with Crippen molar-refractivity contribution in [3.8, 4) is 0 Å². The van der Waals surface area contributed by atoms with E-state index < -0.39 is 0 Å². The molecule has 0 amide bonds. The summed E-state index contributed by atoms with van der Waals surface area (Å²) in [5.74, 6) is 0. The molecule has 0 saturated carbocycles. The lowest BCUT2D eigenvalue weighted by Gasteiger charge is -2.14. The van der Waals surface area contributed by atoms with Crippen LogP contribution in [0, 0.1) is 13.8 Å². The zero-order valence-electron chi connectivity index (χ0n) is 12.6. The van der Waals surface area contributed by atoms with Crippen molar-refractivity contribution in [3.63, 3.8) is 0 Å². The summed E-state index contributed by atoms with van der Waals surface area (Å²) in [5, 5.41) is 1.51. The number of aromatic nitrogens is 2. The lowest BCUT2D eigenvalue weighted by atomic mass is 10.0. The number of nitrogens with zero attached hydrogens (tertiary/aromatic N) is 2. The highest BCUT2D eigenvalue weighted by molar-refractivity contribution is 7.99. The third-order valence-corrected chi connectivity index (χ3v) is 4.55. The van der Waals surface area contributed by atoms with E-state index in [1.54, 1.807) is 11.8 Å². The maximum Gasteiger partial charge on any atom is 0.192 e. The second-order valence-corrected chi connectivity index (χ2v) is 6.54. The predicted octanol–water partition coefficient (Wildman–Crippen LogP) is 4.18. The van der Waals surface area contributed by atoms with E-state index in [0.29, 0.717) is 0 Å². The van der Waals surface area contributed by atoms with Crippen molar-refractivity contribution in [1.29, 1.82) is 0 Å². The molecular formula is C16H20ClN3S. The quantitative estimate of drug-likeness (QED) is 0.839. The first-order chi connectivity index (χ1) is 9.99. The van der Waals surface area contributed by atoms with Crippen LogP contribution >= 0.6 is 23.4 Å². The molecule has 0 aliphatic carbocycles. The van der Waals surface area contributed by atoms with Gasteiger partial charge in [0.2, 0.25) is 0 Å². The number of rotatable bonds is 5. The van der Waals surface area contributed by atoms with Gasteiger partial charge in [-0.2, -0.15) is 0 Å². The average molecular weight is 322 g/mol.